The van der Waals surface area contributed by atoms with Crippen LogP contribution in [-0.2, 0) is 6.54 Å². The Morgan fingerprint density at radius 2 is 2.37 bits per heavy atom. The molecule has 1 atom stereocenters. The number of fused-ring (bicyclic) bond motifs is 1. The number of aromatic nitrogens is 3. The Morgan fingerprint density at radius 3 is 3.21 bits per heavy atom. The summed E-state index contributed by atoms with van der Waals surface area (Å²) in [6.07, 6.45) is 3.39. The first-order chi connectivity index (χ1) is 9.24. The number of nitrogen functional groups attached to an aromatic ring is 1. The van der Waals surface area contributed by atoms with Gasteiger partial charge in [0, 0.05) is 17.8 Å². The van der Waals surface area contributed by atoms with Gasteiger partial charge in [-0.15, -0.1) is 0 Å². The van der Waals surface area contributed by atoms with Gasteiger partial charge in [-0.3, -0.25) is 4.79 Å². The van der Waals surface area contributed by atoms with Crippen molar-refractivity contribution in [2.24, 2.45) is 0 Å². The average Bonchev–Trinajstić information content (AvgIpc) is 2.88. The van der Waals surface area contributed by atoms with Crippen LogP contribution in [0.2, 0.25) is 0 Å². The number of nitrogens with zero attached hydrogens (tertiary/aromatic N) is 3. The fourth-order valence-corrected chi connectivity index (χ4v) is 2.35. The maximum absolute atomic E-state index is 12.2. The first-order valence-electron chi connectivity index (χ1n) is 6.28. The number of amides is 1. The molecule has 3 rings (SSSR count). The van der Waals surface area contributed by atoms with Crippen LogP contribution in [0.4, 0.5) is 5.69 Å². The largest absolute Gasteiger partial charge is 0.399 e. The molecule has 6 nitrogen and oxygen atoms in total. The number of nitrogens with two attached hydrogens (primary N) is 1. The van der Waals surface area contributed by atoms with Crippen LogP contribution in [0.3, 0.4) is 0 Å². The van der Waals surface area contributed by atoms with Crippen molar-refractivity contribution < 1.29 is 4.79 Å². The third-order valence-electron chi connectivity index (χ3n) is 3.27. The quantitative estimate of drug-likeness (QED) is 0.789. The smallest absolute Gasteiger partial charge is 0.251 e. The molecule has 2 aromatic rings. The van der Waals surface area contributed by atoms with Crippen molar-refractivity contribution in [1.29, 1.82) is 0 Å². The van der Waals surface area contributed by atoms with Gasteiger partial charge in [0.2, 0.25) is 0 Å². The minimum absolute atomic E-state index is 0.0785. The monoisotopic (exact) mass is 257 g/mol. The lowest BCUT2D eigenvalue weighted by atomic mass is 10.1. The van der Waals surface area contributed by atoms with Crippen molar-refractivity contribution in [3.63, 3.8) is 0 Å². The Morgan fingerprint density at radius 1 is 1.47 bits per heavy atom. The van der Waals surface area contributed by atoms with E-state index in [0.29, 0.717) is 11.3 Å². The van der Waals surface area contributed by atoms with Gasteiger partial charge in [-0.25, -0.2) is 9.67 Å². The highest BCUT2D eigenvalue weighted by molar-refractivity contribution is 5.95. The van der Waals surface area contributed by atoms with Gasteiger partial charge in [-0.05, 0) is 31.0 Å². The summed E-state index contributed by atoms with van der Waals surface area (Å²) in [5.41, 5.74) is 6.83. The number of carbonyl (C=O) groups is 1. The molecule has 0 saturated carbocycles. The summed E-state index contributed by atoms with van der Waals surface area (Å²) in [5.74, 6) is 0.692. The van der Waals surface area contributed by atoms with Gasteiger partial charge in [0.15, 0.2) is 0 Å². The zero-order valence-corrected chi connectivity index (χ0v) is 10.4. The van der Waals surface area contributed by atoms with Gasteiger partial charge in [0.25, 0.3) is 5.91 Å². The third-order valence-corrected chi connectivity index (χ3v) is 3.27. The van der Waals surface area contributed by atoms with E-state index in [1.807, 2.05) is 4.68 Å². The molecule has 1 aromatic carbocycles. The maximum atomic E-state index is 12.2. The Kier molecular flexibility index (Phi) is 2.91. The third kappa shape index (κ3) is 2.29. The molecule has 1 amide bonds. The molecule has 98 valence electrons. The van der Waals surface area contributed by atoms with Gasteiger partial charge in [0.1, 0.15) is 12.2 Å². The van der Waals surface area contributed by atoms with E-state index in [9.17, 15) is 4.79 Å². The van der Waals surface area contributed by atoms with Crippen LogP contribution >= 0.6 is 0 Å². The molecular formula is C13H15N5O. The minimum Gasteiger partial charge on any atom is -0.399 e. The molecule has 19 heavy (non-hydrogen) atoms. The van der Waals surface area contributed by atoms with E-state index in [1.54, 1.807) is 24.3 Å². The van der Waals surface area contributed by atoms with E-state index in [2.05, 4.69) is 15.4 Å². The summed E-state index contributed by atoms with van der Waals surface area (Å²) in [5, 5.41) is 7.12. The molecule has 3 N–H and O–H groups in total. The second kappa shape index (κ2) is 4.72. The molecule has 1 aliphatic rings. The molecular weight excluding hydrogens is 242 g/mol. The summed E-state index contributed by atoms with van der Waals surface area (Å²) >= 11 is 0. The summed E-state index contributed by atoms with van der Waals surface area (Å²) in [6, 6.07) is 6.87. The second-order valence-corrected chi connectivity index (χ2v) is 4.64. The molecule has 6 heteroatoms. The lowest BCUT2D eigenvalue weighted by molar-refractivity contribution is 0.0927. The number of hydrogen-bond donors (Lipinski definition) is 2. The number of rotatable bonds is 2. The van der Waals surface area contributed by atoms with E-state index in [-0.39, 0.29) is 11.9 Å². The molecule has 0 aliphatic carbocycles. The Bertz CT molecular complexity index is 607. The number of hydrogen-bond acceptors (Lipinski definition) is 4. The molecule has 0 radical (unpaired) electrons. The molecule has 0 saturated heterocycles. The lowest BCUT2D eigenvalue weighted by Crippen LogP contribution is -2.33. The number of carbonyl (C=O) groups excluding carboxylic acids is 1. The maximum Gasteiger partial charge on any atom is 0.251 e. The number of anilines is 1. The van der Waals surface area contributed by atoms with Crippen LogP contribution in [0, 0.1) is 0 Å². The predicted octanol–water partition coefficient (Wildman–Crippen LogP) is 1.13. The highest BCUT2D eigenvalue weighted by Crippen LogP contribution is 2.22. The Balaban J connectivity index is 1.78. The number of aryl methyl sites for hydroxylation is 1. The standard InChI is InChI=1S/C13H15N5O/c14-10-4-1-3-9(7-10)13(19)17-11-5-2-6-18-12(11)15-8-16-18/h1,3-4,7-8,11H,2,5-6,14H2,(H,17,19). The van der Waals surface area contributed by atoms with E-state index in [0.717, 1.165) is 25.2 Å². The molecule has 1 aromatic heterocycles. The second-order valence-electron chi connectivity index (χ2n) is 4.64. The molecule has 0 spiro atoms. The van der Waals surface area contributed by atoms with Crippen molar-refractivity contribution >= 4 is 11.6 Å². The summed E-state index contributed by atoms with van der Waals surface area (Å²) in [6.45, 7) is 0.861. The summed E-state index contributed by atoms with van der Waals surface area (Å²) < 4.78 is 1.84. The van der Waals surface area contributed by atoms with Crippen LogP contribution in [0.5, 0.6) is 0 Å². The zero-order valence-electron chi connectivity index (χ0n) is 10.4. The van der Waals surface area contributed by atoms with Crippen molar-refractivity contribution in [1.82, 2.24) is 20.1 Å². The van der Waals surface area contributed by atoms with Crippen LogP contribution in [0.15, 0.2) is 30.6 Å². The van der Waals surface area contributed by atoms with Crippen LogP contribution in [0.1, 0.15) is 35.1 Å². The van der Waals surface area contributed by atoms with Gasteiger partial charge in [-0.2, -0.15) is 5.10 Å². The molecule has 1 aliphatic heterocycles. The minimum atomic E-state index is -0.131. The Labute approximate surface area is 110 Å². The van der Waals surface area contributed by atoms with Gasteiger partial charge in [0.05, 0.1) is 6.04 Å². The van der Waals surface area contributed by atoms with E-state index in [4.69, 9.17) is 5.73 Å². The van der Waals surface area contributed by atoms with Crippen LogP contribution < -0.4 is 11.1 Å². The van der Waals surface area contributed by atoms with Crippen LogP contribution in [-0.4, -0.2) is 20.7 Å². The highest BCUT2D eigenvalue weighted by atomic mass is 16.1. The molecule has 1 unspecified atom stereocenters. The summed E-state index contributed by atoms with van der Waals surface area (Å²) in [4.78, 5) is 16.4. The predicted molar refractivity (Wildman–Crippen MR) is 70.3 cm³/mol. The normalized spacial score (nSPS) is 17.8. The van der Waals surface area contributed by atoms with Gasteiger partial charge < -0.3 is 11.1 Å². The van der Waals surface area contributed by atoms with Crippen molar-refractivity contribution in [2.75, 3.05) is 5.73 Å². The molecule has 0 fully saturated rings. The van der Waals surface area contributed by atoms with Crippen molar-refractivity contribution in [3.8, 4) is 0 Å². The van der Waals surface area contributed by atoms with E-state index in [1.165, 1.54) is 6.33 Å². The first kappa shape index (κ1) is 11.7. The lowest BCUT2D eigenvalue weighted by Gasteiger charge is -2.23. The van der Waals surface area contributed by atoms with E-state index < -0.39 is 0 Å². The first-order valence-corrected chi connectivity index (χ1v) is 6.28. The zero-order chi connectivity index (χ0) is 13.2. The van der Waals surface area contributed by atoms with Gasteiger partial charge >= 0.3 is 0 Å². The molecule has 2 heterocycles. The summed E-state index contributed by atoms with van der Waals surface area (Å²) in [7, 11) is 0. The molecule has 0 bridgehead atoms. The van der Waals surface area contributed by atoms with Crippen LogP contribution in [0.25, 0.3) is 0 Å². The number of benzene rings is 1. The number of nitrogens with one attached hydrogen (secondary N) is 1. The van der Waals surface area contributed by atoms with E-state index >= 15 is 0 Å². The van der Waals surface area contributed by atoms with Gasteiger partial charge in [-0.1, -0.05) is 6.07 Å². The topological polar surface area (TPSA) is 85.8 Å². The SMILES string of the molecule is Nc1cccc(C(=O)NC2CCCn3ncnc32)c1. The average molecular weight is 257 g/mol. The Hall–Kier alpha value is -2.37. The van der Waals surface area contributed by atoms with Crippen molar-refractivity contribution in [3.05, 3.63) is 42.0 Å². The fourth-order valence-electron chi connectivity index (χ4n) is 2.35. The fraction of sp³-hybridized carbons (Fsp3) is 0.308. The highest BCUT2D eigenvalue weighted by Gasteiger charge is 2.24. The van der Waals surface area contributed by atoms with Crippen molar-refractivity contribution in [2.45, 2.75) is 25.4 Å².